The van der Waals surface area contributed by atoms with Crippen molar-refractivity contribution in [2.75, 3.05) is 24.6 Å². The van der Waals surface area contributed by atoms with Gasteiger partial charge in [0.15, 0.2) is 0 Å². The van der Waals surface area contributed by atoms with Crippen LogP contribution in [0.15, 0.2) is 30.5 Å². The lowest BCUT2D eigenvalue weighted by molar-refractivity contribution is 0.0532. The van der Waals surface area contributed by atoms with Crippen molar-refractivity contribution >= 4 is 28.2 Å². The average Bonchev–Trinajstić information content (AvgIpc) is 3.09. The lowest BCUT2D eigenvalue weighted by atomic mass is 9.89. The second-order valence-corrected chi connectivity index (χ2v) is 6.80. The Bertz CT molecular complexity index is 661. The van der Waals surface area contributed by atoms with Crippen LogP contribution in [-0.4, -0.2) is 30.8 Å². The molecule has 2 aliphatic rings. The largest absolute Gasteiger partial charge is 0.378 e. The van der Waals surface area contributed by atoms with E-state index >= 15 is 0 Å². The second kappa shape index (κ2) is 6.05. The molecule has 0 spiro atoms. The molecule has 4 heteroatoms. The van der Waals surface area contributed by atoms with Gasteiger partial charge in [-0.1, -0.05) is 11.6 Å². The van der Waals surface area contributed by atoms with Gasteiger partial charge >= 0.3 is 0 Å². The summed E-state index contributed by atoms with van der Waals surface area (Å²) in [5.74, 6) is 0.732. The van der Waals surface area contributed by atoms with E-state index in [1.165, 1.54) is 31.4 Å². The van der Waals surface area contributed by atoms with Gasteiger partial charge in [0, 0.05) is 42.0 Å². The first-order valence-electron chi connectivity index (χ1n) is 8.22. The number of hydrogen-bond acceptors (Lipinski definition) is 3. The Labute approximate surface area is 136 Å². The predicted octanol–water partition coefficient (Wildman–Crippen LogP) is 4.28. The van der Waals surface area contributed by atoms with Gasteiger partial charge in [-0.05, 0) is 55.9 Å². The molecule has 1 aromatic carbocycles. The van der Waals surface area contributed by atoms with Crippen LogP contribution in [0.5, 0.6) is 0 Å². The maximum atomic E-state index is 6.18. The highest BCUT2D eigenvalue weighted by Gasteiger charge is 2.29. The first-order chi connectivity index (χ1) is 10.8. The smallest absolute Gasteiger partial charge is 0.0723 e. The Kier molecular flexibility index (Phi) is 3.93. The molecular formula is C18H21ClN2O. The molecule has 0 radical (unpaired) electrons. The summed E-state index contributed by atoms with van der Waals surface area (Å²) in [6.07, 6.45) is 7.32. The zero-order valence-electron chi connectivity index (χ0n) is 12.7. The van der Waals surface area contributed by atoms with Gasteiger partial charge in [-0.15, -0.1) is 0 Å². The molecule has 4 rings (SSSR count). The molecule has 2 saturated heterocycles. The molecule has 0 bridgehead atoms. The van der Waals surface area contributed by atoms with Gasteiger partial charge in [-0.3, -0.25) is 4.98 Å². The minimum Gasteiger partial charge on any atom is -0.378 e. The van der Waals surface area contributed by atoms with Gasteiger partial charge in [-0.25, -0.2) is 0 Å². The van der Waals surface area contributed by atoms with E-state index < -0.39 is 0 Å². The van der Waals surface area contributed by atoms with Gasteiger partial charge in [0.1, 0.15) is 0 Å². The molecule has 3 heterocycles. The molecule has 116 valence electrons. The molecule has 2 aromatic rings. The number of halogens is 1. The molecular weight excluding hydrogens is 296 g/mol. The molecule has 2 aliphatic heterocycles. The lowest BCUT2D eigenvalue weighted by Gasteiger charge is -2.36. The number of fused-ring (bicyclic) bond motifs is 1. The molecule has 2 fully saturated rings. The van der Waals surface area contributed by atoms with Crippen LogP contribution in [0.25, 0.3) is 10.9 Å². The molecule has 0 saturated carbocycles. The van der Waals surface area contributed by atoms with Gasteiger partial charge in [0.25, 0.3) is 0 Å². The summed E-state index contributed by atoms with van der Waals surface area (Å²) in [4.78, 5) is 6.93. The van der Waals surface area contributed by atoms with Crippen molar-refractivity contribution in [1.82, 2.24) is 4.98 Å². The van der Waals surface area contributed by atoms with Crippen molar-refractivity contribution in [1.29, 1.82) is 0 Å². The van der Waals surface area contributed by atoms with Crippen molar-refractivity contribution in [3.05, 3.63) is 35.5 Å². The van der Waals surface area contributed by atoms with Crippen LogP contribution in [0.4, 0.5) is 5.69 Å². The van der Waals surface area contributed by atoms with Crippen LogP contribution in [0.2, 0.25) is 5.02 Å². The number of anilines is 1. The number of piperidine rings is 1. The van der Waals surface area contributed by atoms with Crippen molar-refractivity contribution in [3.63, 3.8) is 0 Å². The maximum absolute atomic E-state index is 6.18. The van der Waals surface area contributed by atoms with E-state index in [4.69, 9.17) is 16.3 Å². The fraction of sp³-hybridized carbons (Fsp3) is 0.500. The van der Waals surface area contributed by atoms with Crippen LogP contribution >= 0.6 is 11.6 Å². The van der Waals surface area contributed by atoms with Crippen LogP contribution < -0.4 is 4.90 Å². The van der Waals surface area contributed by atoms with Crippen LogP contribution in [-0.2, 0) is 4.74 Å². The Morgan fingerprint density at radius 2 is 2.00 bits per heavy atom. The number of aromatic nitrogens is 1. The molecule has 1 atom stereocenters. The van der Waals surface area contributed by atoms with E-state index in [1.807, 2.05) is 24.4 Å². The number of nitrogens with zero attached hydrogens (tertiary/aromatic N) is 2. The fourth-order valence-corrected chi connectivity index (χ4v) is 4.04. The average molecular weight is 317 g/mol. The van der Waals surface area contributed by atoms with Gasteiger partial charge in [0.05, 0.1) is 11.6 Å². The highest BCUT2D eigenvalue weighted by Crippen LogP contribution is 2.34. The number of ether oxygens (including phenoxy) is 1. The molecule has 1 unspecified atom stereocenters. The summed E-state index contributed by atoms with van der Waals surface area (Å²) in [7, 11) is 0. The van der Waals surface area contributed by atoms with Crippen molar-refractivity contribution in [3.8, 4) is 0 Å². The highest BCUT2D eigenvalue weighted by atomic mass is 35.5. The zero-order chi connectivity index (χ0) is 14.9. The number of hydrogen-bond donors (Lipinski definition) is 0. The van der Waals surface area contributed by atoms with Gasteiger partial charge < -0.3 is 9.64 Å². The third kappa shape index (κ3) is 2.68. The van der Waals surface area contributed by atoms with Crippen LogP contribution in [0, 0.1) is 5.92 Å². The minimum absolute atomic E-state index is 0.505. The van der Waals surface area contributed by atoms with Gasteiger partial charge in [0.2, 0.25) is 0 Å². The van der Waals surface area contributed by atoms with E-state index in [2.05, 4.69) is 16.0 Å². The Balaban J connectivity index is 1.55. The highest BCUT2D eigenvalue weighted by molar-refractivity contribution is 6.31. The Hall–Kier alpha value is -1.32. The Morgan fingerprint density at radius 1 is 1.14 bits per heavy atom. The van der Waals surface area contributed by atoms with E-state index in [0.717, 1.165) is 41.5 Å². The number of rotatable bonds is 2. The molecule has 1 aromatic heterocycles. The van der Waals surface area contributed by atoms with Crippen molar-refractivity contribution in [2.24, 2.45) is 5.92 Å². The molecule has 0 amide bonds. The molecule has 22 heavy (non-hydrogen) atoms. The number of benzene rings is 1. The molecule has 0 N–H and O–H groups in total. The monoisotopic (exact) mass is 316 g/mol. The summed E-state index contributed by atoms with van der Waals surface area (Å²) in [6, 6.07) is 8.06. The third-order valence-electron chi connectivity index (χ3n) is 5.05. The lowest BCUT2D eigenvalue weighted by Crippen LogP contribution is -2.37. The van der Waals surface area contributed by atoms with Crippen LogP contribution in [0.3, 0.4) is 0 Å². The summed E-state index contributed by atoms with van der Waals surface area (Å²) in [5, 5.41) is 1.93. The SMILES string of the molecule is Clc1ccc2nccc(N3CCC(C4CCCO4)CC3)c2c1. The quantitative estimate of drug-likeness (QED) is 0.826. The summed E-state index contributed by atoms with van der Waals surface area (Å²) >= 11 is 6.18. The Morgan fingerprint density at radius 3 is 2.77 bits per heavy atom. The van der Waals surface area contributed by atoms with Gasteiger partial charge in [-0.2, -0.15) is 0 Å². The molecule has 0 aliphatic carbocycles. The standard InChI is InChI=1S/C18H21ClN2O/c19-14-3-4-16-15(12-14)17(5-8-20-16)21-9-6-13(7-10-21)18-2-1-11-22-18/h3-5,8,12-13,18H,1-2,6-7,9-11H2. The predicted molar refractivity (Wildman–Crippen MR) is 90.7 cm³/mol. The maximum Gasteiger partial charge on any atom is 0.0723 e. The second-order valence-electron chi connectivity index (χ2n) is 6.37. The summed E-state index contributed by atoms with van der Waals surface area (Å²) in [5.41, 5.74) is 2.28. The first-order valence-corrected chi connectivity index (χ1v) is 8.60. The topological polar surface area (TPSA) is 25.4 Å². The van der Waals surface area contributed by atoms with Crippen molar-refractivity contribution in [2.45, 2.75) is 31.8 Å². The number of pyridine rings is 1. The van der Waals surface area contributed by atoms with E-state index in [9.17, 15) is 0 Å². The minimum atomic E-state index is 0.505. The summed E-state index contributed by atoms with van der Waals surface area (Å²) in [6.45, 7) is 3.14. The van der Waals surface area contributed by atoms with Crippen molar-refractivity contribution < 1.29 is 4.74 Å². The first kappa shape index (κ1) is 14.3. The van der Waals surface area contributed by atoms with E-state index in [1.54, 1.807) is 0 Å². The normalized spacial score (nSPS) is 23.3. The third-order valence-corrected chi connectivity index (χ3v) is 5.29. The zero-order valence-corrected chi connectivity index (χ0v) is 13.4. The van der Waals surface area contributed by atoms with E-state index in [0.29, 0.717) is 6.10 Å². The fourth-order valence-electron chi connectivity index (χ4n) is 3.87. The summed E-state index contributed by atoms with van der Waals surface area (Å²) < 4.78 is 5.87. The van der Waals surface area contributed by atoms with Crippen LogP contribution in [0.1, 0.15) is 25.7 Å². The van der Waals surface area contributed by atoms with E-state index in [-0.39, 0.29) is 0 Å². The molecule has 3 nitrogen and oxygen atoms in total.